The maximum Gasteiger partial charge on any atom is 0.161 e. The molecule has 0 aromatic heterocycles. The molecule has 27 heavy (non-hydrogen) atoms. The van der Waals surface area contributed by atoms with Crippen molar-refractivity contribution < 1.29 is 14.2 Å². The maximum absolute atomic E-state index is 6.33. The molecule has 0 spiro atoms. The highest BCUT2D eigenvalue weighted by Crippen LogP contribution is 2.34. The van der Waals surface area contributed by atoms with Crippen LogP contribution in [-0.2, 0) is 0 Å². The summed E-state index contributed by atoms with van der Waals surface area (Å²) in [6.45, 7) is 5.25. The predicted octanol–water partition coefficient (Wildman–Crippen LogP) is 4.95. The predicted molar refractivity (Wildman–Crippen MR) is 112 cm³/mol. The Morgan fingerprint density at radius 1 is 1.11 bits per heavy atom. The van der Waals surface area contributed by atoms with Gasteiger partial charge < -0.3 is 18.9 Å². The molecule has 0 amide bonds. The third kappa shape index (κ3) is 5.15. The first-order chi connectivity index (χ1) is 13.1. The van der Waals surface area contributed by atoms with E-state index in [0.717, 1.165) is 42.4 Å². The van der Waals surface area contributed by atoms with Gasteiger partial charge in [0.1, 0.15) is 11.9 Å². The third-order valence-electron chi connectivity index (χ3n) is 4.54. The number of hydrogen-bond acceptors (Lipinski definition) is 6. The average molecular weight is 409 g/mol. The molecule has 2 aromatic rings. The minimum atomic E-state index is 0.191. The Hall–Kier alpha value is -1.76. The zero-order valence-corrected chi connectivity index (χ0v) is 17.4. The fourth-order valence-corrected chi connectivity index (χ4v) is 3.84. The largest absolute Gasteiger partial charge is 0.493 e. The van der Waals surface area contributed by atoms with Gasteiger partial charge in [0.05, 0.1) is 19.2 Å². The van der Waals surface area contributed by atoms with Crippen molar-refractivity contribution in [2.24, 2.45) is 0 Å². The van der Waals surface area contributed by atoms with Gasteiger partial charge in [-0.05, 0) is 55.2 Å². The molecule has 0 radical (unpaired) electrons. The highest BCUT2D eigenvalue weighted by atomic mass is 35.5. The summed E-state index contributed by atoms with van der Waals surface area (Å²) in [7, 11) is 3.26. The highest BCUT2D eigenvalue weighted by Gasteiger charge is 2.23. The summed E-state index contributed by atoms with van der Waals surface area (Å²) in [5.74, 6) is 2.13. The summed E-state index contributed by atoms with van der Waals surface area (Å²) in [6.07, 6.45) is 1.22. The van der Waals surface area contributed by atoms with Crippen LogP contribution >= 0.6 is 23.5 Å². The molecule has 1 heterocycles. The van der Waals surface area contributed by atoms with Gasteiger partial charge in [0.15, 0.2) is 11.5 Å². The molecule has 1 fully saturated rings. The quantitative estimate of drug-likeness (QED) is 0.623. The van der Waals surface area contributed by atoms with Crippen molar-refractivity contribution in [2.75, 3.05) is 38.6 Å². The van der Waals surface area contributed by atoms with Crippen molar-refractivity contribution in [3.8, 4) is 17.2 Å². The van der Waals surface area contributed by atoms with Gasteiger partial charge >= 0.3 is 0 Å². The molecule has 1 atom stereocenters. The van der Waals surface area contributed by atoms with Crippen LogP contribution in [0.2, 0.25) is 5.02 Å². The molecule has 1 aliphatic rings. The van der Waals surface area contributed by atoms with E-state index >= 15 is 0 Å². The molecule has 0 bridgehead atoms. The molecule has 7 heteroatoms. The lowest BCUT2D eigenvalue weighted by Gasteiger charge is -2.17. The Morgan fingerprint density at radius 3 is 2.63 bits per heavy atom. The van der Waals surface area contributed by atoms with Gasteiger partial charge in [-0.3, -0.25) is 4.90 Å². The third-order valence-corrected chi connectivity index (χ3v) is 5.68. The molecular weight excluding hydrogens is 384 g/mol. The number of nitrogens with zero attached hydrogens (tertiary/aromatic N) is 1. The molecule has 2 aromatic carbocycles. The van der Waals surface area contributed by atoms with Crippen LogP contribution in [0.15, 0.2) is 41.3 Å². The molecule has 0 saturated carbocycles. The molecule has 0 aliphatic carbocycles. The van der Waals surface area contributed by atoms with Gasteiger partial charge in [0.25, 0.3) is 0 Å². The van der Waals surface area contributed by atoms with Gasteiger partial charge in [-0.25, -0.2) is 0 Å². The van der Waals surface area contributed by atoms with E-state index < -0.39 is 0 Å². The van der Waals surface area contributed by atoms with Gasteiger partial charge in [-0.1, -0.05) is 18.5 Å². The molecular formula is C20H25ClN2O3S. The standard InChI is InChI=1S/C20H25ClN2O3S/c1-4-23-10-9-15(13-23)26-19-11-14(5-7-17(19)21)22-27-16-6-8-18(24-2)20(12-16)25-3/h5-8,11-12,15,22H,4,9-10,13H2,1-3H3. The van der Waals surface area contributed by atoms with Gasteiger partial charge in [0, 0.05) is 29.7 Å². The first kappa shape index (κ1) is 20.0. The van der Waals surface area contributed by atoms with E-state index in [0.29, 0.717) is 16.5 Å². The second kappa shape index (κ2) is 9.44. The fraction of sp³-hybridized carbons (Fsp3) is 0.400. The van der Waals surface area contributed by atoms with Gasteiger partial charge in [-0.2, -0.15) is 0 Å². The Labute approximate surface area is 170 Å². The minimum absolute atomic E-state index is 0.191. The number of hydrogen-bond donors (Lipinski definition) is 1. The summed E-state index contributed by atoms with van der Waals surface area (Å²) in [5, 5.41) is 0.631. The Balaban J connectivity index is 1.64. The van der Waals surface area contributed by atoms with E-state index in [1.807, 2.05) is 36.4 Å². The molecule has 5 nitrogen and oxygen atoms in total. The van der Waals surface area contributed by atoms with Crippen LogP contribution in [0.1, 0.15) is 13.3 Å². The number of likely N-dealkylation sites (tertiary alicyclic amines) is 1. The van der Waals surface area contributed by atoms with E-state index in [2.05, 4.69) is 16.5 Å². The number of ether oxygens (including phenoxy) is 3. The van der Waals surface area contributed by atoms with Crippen molar-refractivity contribution in [3.63, 3.8) is 0 Å². The summed E-state index contributed by atoms with van der Waals surface area (Å²) < 4.78 is 20.1. The second-order valence-corrected chi connectivity index (χ2v) is 7.57. The Kier molecular flexibility index (Phi) is 6.99. The van der Waals surface area contributed by atoms with Crippen molar-refractivity contribution >= 4 is 29.2 Å². The number of likely N-dealkylation sites (N-methyl/N-ethyl adjacent to an activating group) is 1. The molecule has 3 rings (SSSR count). The monoisotopic (exact) mass is 408 g/mol. The lowest BCUT2D eigenvalue weighted by atomic mass is 10.3. The SMILES string of the molecule is CCN1CCC(Oc2cc(NSc3ccc(OC)c(OC)c3)ccc2Cl)C1. The van der Waals surface area contributed by atoms with E-state index in [1.54, 1.807) is 14.2 Å². The van der Waals surface area contributed by atoms with E-state index in [1.165, 1.54) is 11.9 Å². The van der Waals surface area contributed by atoms with Gasteiger partial charge in [-0.15, -0.1) is 0 Å². The summed E-state index contributed by atoms with van der Waals surface area (Å²) in [6, 6.07) is 11.5. The summed E-state index contributed by atoms with van der Waals surface area (Å²) in [4.78, 5) is 3.40. The summed E-state index contributed by atoms with van der Waals surface area (Å²) in [5.41, 5.74) is 0.930. The van der Waals surface area contributed by atoms with Crippen molar-refractivity contribution in [1.29, 1.82) is 0 Å². The number of rotatable bonds is 8. The van der Waals surface area contributed by atoms with Crippen LogP contribution in [0.4, 0.5) is 5.69 Å². The first-order valence-corrected chi connectivity index (χ1v) is 10.2. The average Bonchev–Trinajstić information content (AvgIpc) is 3.16. The number of methoxy groups -OCH3 is 2. The van der Waals surface area contributed by atoms with Crippen molar-refractivity contribution in [3.05, 3.63) is 41.4 Å². The first-order valence-electron chi connectivity index (χ1n) is 8.96. The molecule has 1 saturated heterocycles. The molecule has 1 aliphatic heterocycles. The maximum atomic E-state index is 6.33. The Bertz CT molecular complexity index is 775. The van der Waals surface area contributed by atoms with Crippen LogP contribution in [0.5, 0.6) is 17.2 Å². The normalized spacial score (nSPS) is 17.0. The smallest absolute Gasteiger partial charge is 0.161 e. The van der Waals surface area contributed by atoms with Crippen LogP contribution in [0.25, 0.3) is 0 Å². The van der Waals surface area contributed by atoms with E-state index in [9.17, 15) is 0 Å². The van der Waals surface area contributed by atoms with Crippen molar-refractivity contribution in [2.45, 2.75) is 24.3 Å². The highest BCUT2D eigenvalue weighted by molar-refractivity contribution is 8.00. The van der Waals surface area contributed by atoms with E-state index in [4.69, 9.17) is 25.8 Å². The lowest BCUT2D eigenvalue weighted by molar-refractivity contribution is 0.203. The topological polar surface area (TPSA) is 43.0 Å². The molecule has 146 valence electrons. The molecule has 1 N–H and O–H groups in total. The van der Waals surface area contributed by atoms with Crippen LogP contribution < -0.4 is 18.9 Å². The van der Waals surface area contributed by atoms with Crippen LogP contribution in [-0.4, -0.2) is 44.9 Å². The zero-order chi connectivity index (χ0) is 19.2. The second-order valence-electron chi connectivity index (χ2n) is 6.29. The van der Waals surface area contributed by atoms with Crippen molar-refractivity contribution in [1.82, 2.24) is 4.90 Å². The van der Waals surface area contributed by atoms with Gasteiger partial charge in [0.2, 0.25) is 0 Å². The summed E-state index contributed by atoms with van der Waals surface area (Å²) >= 11 is 7.82. The zero-order valence-electron chi connectivity index (χ0n) is 15.8. The molecule has 1 unspecified atom stereocenters. The fourth-order valence-electron chi connectivity index (χ4n) is 3.02. The van der Waals surface area contributed by atoms with E-state index in [-0.39, 0.29) is 6.10 Å². The van der Waals surface area contributed by atoms with Crippen LogP contribution in [0, 0.1) is 0 Å². The minimum Gasteiger partial charge on any atom is -0.493 e. The lowest BCUT2D eigenvalue weighted by Crippen LogP contribution is -2.24. The Morgan fingerprint density at radius 2 is 1.93 bits per heavy atom. The number of benzene rings is 2. The van der Waals surface area contributed by atoms with Crippen LogP contribution in [0.3, 0.4) is 0 Å². The number of halogens is 1. The number of anilines is 1. The number of nitrogens with one attached hydrogen (secondary N) is 1.